The van der Waals surface area contributed by atoms with Crippen LogP contribution in [0, 0.1) is 19.8 Å². The smallest absolute Gasteiger partial charge is 0.228 e. The first-order chi connectivity index (χ1) is 7.45. The summed E-state index contributed by atoms with van der Waals surface area (Å²) in [5.74, 6) is -0.196. The molecule has 1 atom stereocenters. The Kier molecular flexibility index (Phi) is 4.50. The van der Waals surface area contributed by atoms with Gasteiger partial charge in [0.25, 0.3) is 0 Å². The minimum Gasteiger partial charge on any atom is -0.330 e. The Hall–Kier alpha value is -0.870. The first-order valence-corrected chi connectivity index (χ1v) is 6.02. The highest BCUT2D eigenvalue weighted by molar-refractivity contribution is 9.10. The molecular formula is C12H17BrN2O. The number of hydrogen-bond donors (Lipinski definition) is 2. The quantitative estimate of drug-likeness (QED) is 0.897. The lowest BCUT2D eigenvalue weighted by molar-refractivity contribution is -0.119. The van der Waals surface area contributed by atoms with Crippen LogP contribution in [0.15, 0.2) is 16.6 Å². The second kappa shape index (κ2) is 5.46. The topological polar surface area (TPSA) is 55.1 Å². The lowest BCUT2D eigenvalue weighted by Crippen LogP contribution is -2.27. The fraction of sp³-hybridized carbons (Fsp3) is 0.417. The lowest BCUT2D eigenvalue weighted by Gasteiger charge is -2.14. The Morgan fingerprint density at radius 2 is 1.94 bits per heavy atom. The van der Waals surface area contributed by atoms with Gasteiger partial charge >= 0.3 is 0 Å². The summed E-state index contributed by atoms with van der Waals surface area (Å²) in [6, 6.07) is 3.96. The molecule has 1 aromatic rings. The lowest BCUT2D eigenvalue weighted by atomic mass is 10.1. The van der Waals surface area contributed by atoms with E-state index in [0.717, 1.165) is 21.3 Å². The zero-order chi connectivity index (χ0) is 12.3. The molecule has 0 fully saturated rings. The van der Waals surface area contributed by atoms with Crippen LogP contribution in [0.25, 0.3) is 0 Å². The number of rotatable bonds is 3. The molecule has 0 heterocycles. The largest absolute Gasteiger partial charge is 0.330 e. The van der Waals surface area contributed by atoms with Crippen LogP contribution in [0.3, 0.4) is 0 Å². The highest BCUT2D eigenvalue weighted by atomic mass is 79.9. The molecule has 0 aliphatic carbocycles. The van der Waals surface area contributed by atoms with Gasteiger partial charge in [-0.2, -0.15) is 0 Å². The highest BCUT2D eigenvalue weighted by Crippen LogP contribution is 2.25. The molecule has 0 saturated heterocycles. The van der Waals surface area contributed by atoms with Crippen LogP contribution in [0.5, 0.6) is 0 Å². The van der Waals surface area contributed by atoms with E-state index in [2.05, 4.69) is 21.2 Å². The normalized spacial score (nSPS) is 12.3. The number of nitrogens with one attached hydrogen (secondary N) is 1. The molecule has 0 radical (unpaired) electrons. The van der Waals surface area contributed by atoms with E-state index in [1.807, 2.05) is 32.9 Å². The van der Waals surface area contributed by atoms with Gasteiger partial charge in [-0.3, -0.25) is 4.79 Å². The van der Waals surface area contributed by atoms with Crippen LogP contribution in [-0.4, -0.2) is 12.5 Å². The number of aryl methyl sites for hydroxylation is 2. The monoisotopic (exact) mass is 284 g/mol. The molecule has 1 aromatic carbocycles. The van der Waals surface area contributed by atoms with Crippen LogP contribution in [-0.2, 0) is 4.79 Å². The van der Waals surface area contributed by atoms with E-state index in [0.29, 0.717) is 6.54 Å². The summed E-state index contributed by atoms with van der Waals surface area (Å²) in [4.78, 5) is 11.7. The summed E-state index contributed by atoms with van der Waals surface area (Å²) in [6.45, 7) is 6.13. The Labute approximate surface area is 105 Å². The van der Waals surface area contributed by atoms with E-state index in [1.165, 1.54) is 0 Å². The number of amides is 1. The van der Waals surface area contributed by atoms with Crippen molar-refractivity contribution >= 4 is 27.5 Å². The minimum atomic E-state index is -0.164. The first kappa shape index (κ1) is 13.2. The molecular weight excluding hydrogens is 268 g/mol. The van der Waals surface area contributed by atoms with Gasteiger partial charge < -0.3 is 11.1 Å². The van der Waals surface area contributed by atoms with Crippen molar-refractivity contribution < 1.29 is 4.79 Å². The maximum Gasteiger partial charge on any atom is 0.228 e. The van der Waals surface area contributed by atoms with Crippen molar-refractivity contribution in [3.8, 4) is 0 Å². The Balaban J connectivity index is 2.93. The van der Waals surface area contributed by atoms with Crippen LogP contribution in [0.2, 0.25) is 0 Å². The van der Waals surface area contributed by atoms with Gasteiger partial charge in [0.15, 0.2) is 0 Å². The summed E-state index contributed by atoms with van der Waals surface area (Å²) in [5, 5.41) is 2.92. The number of benzene rings is 1. The fourth-order valence-corrected chi connectivity index (χ4v) is 2.15. The SMILES string of the molecule is Cc1cc(Br)cc(C)c1NC(=O)C(C)CN. The van der Waals surface area contributed by atoms with Crippen molar-refractivity contribution in [2.24, 2.45) is 11.7 Å². The average Bonchev–Trinajstić information content (AvgIpc) is 2.21. The predicted octanol–water partition coefficient (Wildman–Crippen LogP) is 2.60. The molecule has 3 N–H and O–H groups in total. The van der Waals surface area contributed by atoms with Crippen molar-refractivity contribution in [1.29, 1.82) is 0 Å². The average molecular weight is 285 g/mol. The molecule has 0 aromatic heterocycles. The van der Waals surface area contributed by atoms with Crippen LogP contribution in [0.4, 0.5) is 5.69 Å². The fourth-order valence-electron chi connectivity index (χ4n) is 1.46. The molecule has 0 spiro atoms. The van der Waals surface area contributed by atoms with Crippen molar-refractivity contribution in [3.05, 3.63) is 27.7 Å². The van der Waals surface area contributed by atoms with Gasteiger partial charge in [-0.15, -0.1) is 0 Å². The zero-order valence-electron chi connectivity index (χ0n) is 9.80. The van der Waals surface area contributed by atoms with Gasteiger partial charge in [0.2, 0.25) is 5.91 Å². The molecule has 1 unspecified atom stereocenters. The number of hydrogen-bond acceptors (Lipinski definition) is 2. The van der Waals surface area contributed by atoms with Crippen molar-refractivity contribution in [2.75, 3.05) is 11.9 Å². The van der Waals surface area contributed by atoms with Crippen LogP contribution >= 0.6 is 15.9 Å². The minimum absolute atomic E-state index is 0.0315. The van der Waals surface area contributed by atoms with Crippen molar-refractivity contribution in [1.82, 2.24) is 0 Å². The van der Waals surface area contributed by atoms with Gasteiger partial charge in [0, 0.05) is 22.6 Å². The summed E-state index contributed by atoms with van der Waals surface area (Å²) in [7, 11) is 0. The predicted molar refractivity (Wildman–Crippen MR) is 70.5 cm³/mol. The second-order valence-corrected chi connectivity index (χ2v) is 4.96. The zero-order valence-corrected chi connectivity index (χ0v) is 11.4. The third kappa shape index (κ3) is 3.06. The Bertz CT molecular complexity index is 381. The number of carbonyl (C=O) groups excluding carboxylic acids is 1. The molecule has 1 amide bonds. The van der Waals surface area contributed by atoms with Crippen LogP contribution in [0.1, 0.15) is 18.1 Å². The van der Waals surface area contributed by atoms with E-state index in [-0.39, 0.29) is 11.8 Å². The molecule has 3 nitrogen and oxygen atoms in total. The summed E-state index contributed by atoms with van der Waals surface area (Å²) in [6.07, 6.45) is 0. The number of anilines is 1. The van der Waals surface area contributed by atoms with Crippen molar-refractivity contribution in [2.45, 2.75) is 20.8 Å². The Morgan fingerprint density at radius 3 is 2.38 bits per heavy atom. The number of halogens is 1. The number of carbonyl (C=O) groups is 1. The van der Waals surface area contributed by atoms with E-state index in [4.69, 9.17) is 5.73 Å². The van der Waals surface area contributed by atoms with Crippen molar-refractivity contribution in [3.63, 3.8) is 0 Å². The summed E-state index contributed by atoms with van der Waals surface area (Å²) in [5.41, 5.74) is 8.43. The molecule has 1 rings (SSSR count). The van der Waals surface area contributed by atoms with E-state index in [9.17, 15) is 4.79 Å². The molecule has 0 aliphatic rings. The van der Waals surface area contributed by atoms with Gasteiger partial charge in [0.1, 0.15) is 0 Å². The maximum atomic E-state index is 11.7. The van der Waals surface area contributed by atoms with Gasteiger partial charge in [-0.1, -0.05) is 22.9 Å². The number of nitrogens with two attached hydrogens (primary N) is 1. The third-order valence-corrected chi connectivity index (χ3v) is 3.00. The van der Waals surface area contributed by atoms with E-state index >= 15 is 0 Å². The molecule has 4 heteroatoms. The van der Waals surface area contributed by atoms with Gasteiger partial charge in [-0.05, 0) is 37.1 Å². The van der Waals surface area contributed by atoms with Gasteiger partial charge in [-0.25, -0.2) is 0 Å². The third-order valence-electron chi connectivity index (χ3n) is 2.55. The maximum absolute atomic E-state index is 11.7. The highest BCUT2D eigenvalue weighted by Gasteiger charge is 2.13. The van der Waals surface area contributed by atoms with Gasteiger partial charge in [0.05, 0.1) is 0 Å². The molecule has 0 saturated carbocycles. The second-order valence-electron chi connectivity index (χ2n) is 4.04. The first-order valence-electron chi connectivity index (χ1n) is 5.23. The van der Waals surface area contributed by atoms with E-state index in [1.54, 1.807) is 0 Å². The summed E-state index contributed by atoms with van der Waals surface area (Å²) < 4.78 is 1.02. The van der Waals surface area contributed by atoms with E-state index < -0.39 is 0 Å². The molecule has 0 bridgehead atoms. The standard InChI is InChI=1S/C12H17BrN2O/c1-7-4-10(13)5-8(2)11(7)15-12(16)9(3)6-14/h4-5,9H,6,14H2,1-3H3,(H,15,16). The Morgan fingerprint density at radius 1 is 1.44 bits per heavy atom. The summed E-state index contributed by atoms with van der Waals surface area (Å²) >= 11 is 3.42. The molecule has 0 aliphatic heterocycles. The molecule has 88 valence electrons. The van der Waals surface area contributed by atoms with Crippen LogP contribution < -0.4 is 11.1 Å². The molecule has 16 heavy (non-hydrogen) atoms.